The second-order valence-electron chi connectivity index (χ2n) is 4.33. The van der Waals surface area contributed by atoms with Crippen molar-refractivity contribution in [1.82, 2.24) is 4.90 Å². The average Bonchev–Trinajstić information content (AvgIpc) is 2.53. The van der Waals surface area contributed by atoms with E-state index < -0.39 is 0 Å². The van der Waals surface area contributed by atoms with E-state index in [4.69, 9.17) is 5.73 Å². The molecule has 0 bridgehead atoms. The van der Waals surface area contributed by atoms with Gasteiger partial charge in [0.25, 0.3) is 0 Å². The number of hydrogen-bond donors (Lipinski definition) is 1. The van der Waals surface area contributed by atoms with E-state index in [0.717, 1.165) is 23.9 Å². The van der Waals surface area contributed by atoms with Crippen LogP contribution in [0.2, 0.25) is 0 Å². The van der Waals surface area contributed by atoms with E-state index in [9.17, 15) is 0 Å². The predicted octanol–water partition coefficient (Wildman–Crippen LogP) is 2.02. The van der Waals surface area contributed by atoms with Crippen molar-refractivity contribution in [3.05, 3.63) is 34.3 Å². The molecule has 2 N–H and O–H groups in total. The van der Waals surface area contributed by atoms with Gasteiger partial charge in [-0.1, -0.05) is 28.1 Å². The topological polar surface area (TPSA) is 29.3 Å². The van der Waals surface area contributed by atoms with Crippen molar-refractivity contribution >= 4 is 15.9 Å². The molecule has 0 saturated carbocycles. The van der Waals surface area contributed by atoms with Crippen LogP contribution in [-0.4, -0.2) is 30.6 Å². The molecule has 0 radical (unpaired) electrons. The van der Waals surface area contributed by atoms with Crippen LogP contribution in [0.25, 0.3) is 0 Å². The average molecular weight is 269 g/mol. The lowest BCUT2D eigenvalue weighted by Crippen LogP contribution is -2.39. The molecular formula is C12H17BrN2. The fourth-order valence-corrected chi connectivity index (χ4v) is 2.47. The lowest BCUT2D eigenvalue weighted by Gasteiger charge is -2.22. The molecule has 1 aromatic rings. The molecule has 0 amide bonds. The van der Waals surface area contributed by atoms with Gasteiger partial charge in [0.1, 0.15) is 0 Å². The molecule has 1 heterocycles. The number of nitrogens with two attached hydrogens (primary N) is 1. The number of likely N-dealkylation sites (N-methyl/N-ethyl adjacent to an activating group) is 1. The van der Waals surface area contributed by atoms with Gasteiger partial charge in [0.15, 0.2) is 0 Å². The molecule has 1 aliphatic rings. The van der Waals surface area contributed by atoms with Gasteiger partial charge >= 0.3 is 0 Å². The summed E-state index contributed by atoms with van der Waals surface area (Å²) in [4.78, 5) is 2.37. The van der Waals surface area contributed by atoms with Crippen LogP contribution in [0.1, 0.15) is 12.0 Å². The van der Waals surface area contributed by atoms with Gasteiger partial charge in [0, 0.05) is 16.6 Å². The van der Waals surface area contributed by atoms with E-state index in [1.54, 1.807) is 0 Å². The Labute approximate surface area is 99.6 Å². The van der Waals surface area contributed by atoms with Crippen LogP contribution in [0.15, 0.2) is 28.7 Å². The quantitative estimate of drug-likeness (QED) is 0.890. The highest BCUT2D eigenvalue weighted by molar-refractivity contribution is 9.10. The largest absolute Gasteiger partial charge is 0.326 e. The van der Waals surface area contributed by atoms with E-state index in [1.165, 1.54) is 5.56 Å². The monoisotopic (exact) mass is 268 g/mol. The maximum absolute atomic E-state index is 6.10. The molecule has 2 unspecified atom stereocenters. The predicted molar refractivity (Wildman–Crippen MR) is 66.9 cm³/mol. The molecular weight excluding hydrogens is 252 g/mol. The summed E-state index contributed by atoms with van der Waals surface area (Å²) in [7, 11) is 2.16. The lowest BCUT2D eigenvalue weighted by atomic mass is 10.0. The molecule has 2 atom stereocenters. The second kappa shape index (κ2) is 4.64. The highest BCUT2D eigenvalue weighted by Crippen LogP contribution is 2.19. The van der Waals surface area contributed by atoms with Gasteiger partial charge in [-0.3, -0.25) is 0 Å². The van der Waals surface area contributed by atoms with E-state index in [1.807, 2.05) is 0 Å². The first-order chi connectivity index (χ1) is 7.16. The zero-order chi connectivity index (χ0) is 10.8. The highest BCUT2D eigenvalue weighted by atomic mass is 79.9. The van der Waals surface area contributed by atoms with Gasteiger partial charge in [0.05, 0.1) is 0 Å². The number of hydrogen-bond acceptors (Lipinski definition) is 2. The molecule has 0 aliphatic carbocycles. The maximum Gasteiger partial charge on any atom is 0.0284 e. The first kappa shape index (κ1) is 11.1. The third-order valence-corrected chi connectivity index (χ3v) is 3.76. The highest BCUT2D eigenvalue weighted by Gasteiger charge is 2.28. The third kappa shape index (κ3) is 2.60. The first-order valence-corrected chi connectivity index (χ1v) is 6.16. The molecule has 1 aromatic carbocycles. The molecule has 0 aromatic heterocycles. The van der Waals surface area contributed by atoms with Gasteiger partial charge < -0.3 is 10.6 Å². The van der Waals surface area contributed by atoms with Gasteiger partial charge in [0.2, 0.25) is 0 Å². The molecule has 1 aliphatic heterocycles. The van der Waals surface area contributed by atoms with Gasteiger partial charge in [-0.15, -0.1) is 0 Å². The summed E-state index contributed by atoms with van der Waals surface area (Å²) in [6.45, 7) is 1.13. The zero-order valence-electron chi connectivity index (χ0n) is 8.99. The molecule has 0 spiro atoms. The van der Waals surface area contributed by atoms with Crippen molar-refractivity contribution in [1.29, 1.82) is 0 Å². The van der Waals surface area contributed by atoms with Crippen molar-refractivity contribution in [2.24, 2.45) is 5.73 Å². The summed E-state index contributed by atoms with van der Waals surface area (Å²) in [5.74, 6) is 0. The van der Waals surface area contributed by atoms with Gasteiger partial charge in [-0.2, -0.15) is 0 Å². The number of benzene rings is 1. The van der Waals surface area contributed by atoms with Crippen molar-refractivity contribution in [2.45, 2.75) is 24.9 Å². The van der Waals surface area contributed by atoms with E-state index in [2.05, 4.69) is 52.1 Å². The number of rotatable bonds is 2. The summed E-state index contributed by atoms with van der Waals surface area (Å²) in [5, 5.41) is 0. The Kier molecular flexibility index (Phi) is 3.44. The Hall–Kier alpha value is -0.380. The van der Waals surface area contributed by atoms with Crippen LogP contribution in [0.5, 0.6) is 0 Å². The van der Waals surface area contributed by atoms with Gasteiger partial charge in [-0.25, -0.2) is 0 Å². The molecule has 1 saturated heterocycles. The summed E-state index contributed by atoms with van der Waals surface area (Å²) in [6, 6.07) is 9.36. The van der Waals surface area contributed by atoms with Crippen molar-refractivity contribution in [2.75, 3.05) is 13.6 Å². The Morgan fingerprint density at radius 2 is 2.07 bits per heavy atom. The Balaban J connectivity index is 2.04. The Bertz CT molecular complexity index is 313. The van der Waals surface area contributed by atoms with Crippen molar-refractivity contribution in [3.8, 4) is 0 Å². The molecule has 82 valence electrons. The SMILES string of the molecule is CN1CCC(N)C1Cc1ccc(Br)cc1. The Morgan fingerprint density at radius 3 is 2.60 bits per heavy atom. The fourth-order valence-electron chi connectivity index (χ4n) is 2.21. The van der Waals surface area contributed by atoms with E-state index >= 15 is 0 Å². The van der Waals surface area contributed by atoms with E-state index in [0.29, 0.717) is 12.1 Å². The molecule has 1 fully saturated rings. The third-order valence-electron chi connectivity index (χ3n) is 3.23. The Morgan fingerprint density at radius 1 is 1.40 bits per heavy atom. The number of nitrogens with zero attached hydrogens (tertiary/aromatic N) is 1. The van der Waals surface area contributed by atoms with Crippen LogP contribution >= 0.6 is 15.9 Å². The van der Waals surface area contributed by atoms with Crippen LogP contribution < -0.4 is 5.73 Å². The summed E-state index contributed by atoms with van der Waals surface area (Å²) < 4.78 is 1.13. The van der Waals surface area contributed by atoms with E-state index in [-0.39, 0.29) is 0 Å². The zero-order valence-corrected chi connectivity index (χ0v) is 10.6. The minimum absolute atomic E-state index is 0.332. The van der Waals surface area contributed by atoms with Crippen LogP contribution in [-0.2, 0) is 6.42 Å². The summed E-state index contributed by atoms with van der Waals surface area (Å²) in [5.41, 5.74) is 7.46. The van der Waals surface area contributed by atoms with Crippen molar-refractivity contribution in [3.63, 3.8) is 0 Å². The molecule has 2 rings (SSSR count). The smallest absolute Gasteiger partial charge is 0.0284 e. The number of halogens is 1. The van der Waals surface area contributed by atoms with Gasteiger partial charge in [-0.05, 0) is 44.1 Å². The molecule has 2 nitrogen and oxygen atoms in total. The van der Waals surface area contributed by atoms with Crippen LogP contribution in [0, 0.1) is 0 Å². The minimum atomic E-state index is 0.332. The molecule has 15 heavy (non-hydrogen) atoms. The first-order valence-electron chi connectivity index (χ1n) is 5.37. The van der Waals surface area contributed by atoms with Crippen LogP contribution in [0.3, 0.4) is 0 Å². The number of likely N-dealkylation sites (tertiary alicyclic amines) is 1. The fraction of sp³-hybridized carbons (Fsp3) is 0.500. The summed E-state index contributed by atoms with van der Waals surface area (Å²) >= 11 is 3.45. The lowest BCUT2D eigenvalue weighted by molar-refractivity contribution is 0.296. The normalized spacial score (nSPS) is 27.1. The minimum Gasteiger partial charge on any atom is -0.326 e. The molecule has 3 heteroatoms. The van der Waals surface area contributed by atoms with Crippen molar-refractivity contribution < 1.29 is 0 Å². The summed E-state index contributed by atoms with van der Waals surface area (Å²) in [6.07, 6.45) is 2.18. The maximum atomic E-state index is 6.10. The van der Waals surface area contributed by atoms with Crippen LogP contribution in [0.4, 0.5) is 0 Å². The standard InChI is InChI=1S/C12H17BrN2/c1-15-7-6-11(14)12(15)8-9-2-4-10(13)5-3-9/h2-5,11-12H,6-8,14H2,1H3. The second-order valence-corrected chi connectivity index (χ2v) is 5.25.